The molecule has 0 saturated heterocycles. The van der Waals surface area contributed by atoms with E-state index in [9.17, 15) is 9.90 Å². The molecular formula is C15H24N4O2. The van der Waals surface area contributed by atoms with Crippen LogP contribution in [0.2, 0.25) is 0 Å². The average molecular weight is 292 g/mol. The summed E-state index contributed by atoms with van der Waals surface area (Å²) in [6.07, 6.45) is 9.58. The Morgan fingerprint density at radius 3 is 2.57 bits per heavy atom. The maximum atomic E-state index is 12.4. The molecule has 6 nitrogen and oxygen atoms in total. The van der Waals surface area contributed by atoms with E-state index in [1.165, 1.54) is 6.42 Å². The van der Waals surface area contributed by atoms with E-state index in [0.717, 1.165) is 37.9 Å². The Labute approximate surface area is 125 Å². The van der Waals surface area contributed by atoms with Crippen LogP contribution in [0.15, 0.2) is 12.4 Å². The van der Waals surface area contributed by atoms with Gasteiger partial charge in [0.2, 0.25) is 0 Å². The number of anilines is 1. The van der Waals surface area contributed by atoms with Crippen molar-refractivity contribution in [2.45, 2.75) is 51.5 Å². The van der Waals surface area contributed by atoms with Crippen LogP contribution in [0.1, 0.15) is 44.9 Å². The molecule has 6 heteroatoms. The number of nitrogens with one attached hydrogen (secondary N) is 1. The summed E-state index contributed by atoms with van der Waals surface area (Å²) in [6, 6.07) is 0.0468. The summed E-state index contributed by atoms with van der Waals surface area (Å²) in [6.45, 7) is 2.33. The van der Waals surface area contributed by atoms with E-state index in [0.29, 0.717) is 12.2 Å². The largest absolute Gasteiger partial charge is 0.395 e. The Hall–Kier alpha value is -1.69. The zero-order chi connectivity index (χ0) is 15.1. The summed E-state index contributed by atoms with van der Waals surface area (Å²) in [4.78, 5) is 22.5. The molecule has 21 heavy (non-hydrogen) atoms. The minimum absolute atomic E-state index is 0.0187. The highest BCUT2D eigenvalue weighted by molar-refractivity contribution is 5.89. The smallest absolute Gasteiger partial charge is 0.322 e. The number of aromatic nitrogens is 2. The number of carbonyl (C=O) groups is 1. The van der Waals surface area contributed by atoms with Crippen molar-refractivity contribution in [1.29, 1.82) is 0 Å². The van der Waals surface area contributed by atoms with Crippen LogP contribution in [0.5, 0.6) is 0 Å². The molecular weight excluding hydrogens is 268 g/mol. The second kappa shape index (κ2) is 7.93. The zero-order valence-corrected chi connectivity index (χ0v) is 12.6. The summed E-state index contributed by atoms with van der Waals surface area (Å²) in [5.41, 5.74) is 0.593. The molecule has 0 spiro atoms. The van der Waals surface area contributed by atoms with Crippen LogP contribution in [0.25, 0.3) is 0 Å². The number of amides is 2. The first-order chi connectivity index (χ1) is 10.2. The summed E-state index contributed by atoms with van der Waals surface area (Å²) in [5.74, 6) is 0.757. The first-order valence-electron chi connectivity index (χ1n) is 7.74. The van der Waals surface area contributed by atoms with Crippen LogP contribution < -0.4 is 5.32 Å². The summed E-state index contributed by atoms with van der Waals surface area (Å²) in [7, 11) is 0. The third-order valence-corrected chi connectivity index (χ3v) is 3.89. The van der Waals surface area contributed by atoms with Crippen molar-refractivity contribution in [1.82, 2.24) is 14.9 Å². The molecule has 1 saturated carbocycles. The predicted octanol–water partition coefficient (Wildman–Crippen LogP) is 2.20. The summed E-state index contributed by atoms with van der Waals surface area (Å²) >= 11 is 0. The third-order valence-electron chi connectivity index (χ3n) is 3.89. The minimum Gasteiger partial charge on any atom is -0.395 e. The number of aliphatic hydroxyl groups excluding tert-OH is 1. The van der Waals surface area contributed by atoms with Crippen molar-refractivity contribution in [2.24, 2.45) is 0 Å². The van der Waals surface area contributed by atoms with Gasteiger partial charge < -0.3 is 15.3 Å². The first kappa shape index (κ1) is 15.7. The molecule has 1 aromatic rings. The highest BCUT2D eigenvalue weighted by Gasteiger charge is 2.25. The summed E-state index contributed by atoms with van der Waals surface area (Å²) < 4.78 is 0. The molecule has 1 aromatic heterocycles. The number of hydrogen-bond donors (Lipinski definition) is 2. The van der Waals surface area contributed by atoms with E-state index in [4.69, 9.17) is 0 Å². The second-order valence-corrected chi connectivity index (χ2v) is 5.38. The fourth-order valence-electron chi connectivity index (χ4n) is 2.75. The lowest BCUT2D eigenvalue weighted by atomic mass is 9.94. The van der Waals surface area contributed by atoms with Gasteiger partial charge in [0.25, 0.3) is 0 Å². The second-order valence-electron chi connectivity index (χ2n) is 5.38. The number of urea groups is 1. The van der Waals surface area contributed by atoms with E-state index >= 15 is 0 Å². The minimum atomic E-state index is -0.177. The Morgan fingerprint density at radius 2 is 2.00 bits per heavy atom. The van der Waals surface area contributed by atoms with Gasteiger partial charge in [0.05, 0.1) is 24.7 Å². The van der Waals surface area contributed by atoms with Crippen LogP contribution in [-0.4, -0.2) is 45.2 Å². The quantitative estimate of drug-likeness (QED) is 0.872. The maximum absolute atomic E-state index is 12.4. The lowest BCUT2D eigenvalue weighted by Crippen LogP contribution is -2.45. The van der Waals surface area contributed by atoms with Gasteiger partial charge in [-0.25, -0.2) is 14.8 Å². The van der Waals surface area contributed by atoms with E-state index in [1.807, 2.05) is 6.92 Å². The highest BCUT2D eigenvalue weighted by Crippen LogP contribution is 2.23. The molecule has 2 rings (SSSR count). The normalized spacial score (nSPS) is 15.7. The molecule has 2 amide bonds. The van der Waals surface area contributed by atoms with Gasteiger partial charge >= 0.3 is 6.03 Å². The van der Waals surface area contributed by atoms with Gasteiger partial charge in [0, 0.05) is 19.0 Å². The van der Waals surface area contributed by atoms with Crippen LogP contribution >= 0.6 is 0 Å². The molecule has 0 bridgehead atoms. The van der Waals surface area contributed by atoms with Gasteiger partial charge in [-0.2, -0.15) is 0 Å². The molecule has 1 aliphatic carbocycles. The molecule has 0 atom stereocenters. The number of carbonyl (C=O) groups excluding carboxylic acids is 1. The molecule has 116 valence electrons. The van der Waals surface area contributed by atoms with Gasteiger partial charge in [-0.1, -0.05) is 26.2 Å². The van der Waals surface area contributed by atoms with Crippen molar-refractivity contribution < 1.29 is 9.90 Å². The topological polar surface area (TPSA) is 78.4 Å². The van der Waals surface area contributed by atoms with Gasteiger partial charge in [-0.05, 0) is 12.8 Å². The van der Waals surface area contributed by atoms with Crippen molar-refractivity contribution in [3.05, 3.63) is 18.2 Å². The van der Waals surface area contributed by atoms with Gasteiger partial charge in [-0.15, -0.1) is 0 Å². The van der Waals surface area contributed by atoms with Crippen molar-refractivity contribution >= 4 is 11.7 Å². The van der Waals surface area contributed by atoms with Crippen molar-refractivity contribution in [2.75, 3.05) is 18.5 Å². The first-order valence-corrected chi connectivity index (χ1v) is 7.74. The fourth-order valence-corrected chi connectivity index (χ4v) is 2.75. The van der Waals surface area contributed by atoms with Gasteiger partial charge in [0.15, 0.2) is 0 Å². The fraction of sp³-hybridized carbons (Fsp3) is 0.667. The zero-order valence-electron chi connectivity index (χ0n) is 12.6. The maximum Gasteiger partial charge on any atom is 0.322 e. The molecule has 1 aliphatic rings. The van der Waals surface area contributed by atoms with Crippen molar-refractivity contribution in [3.63, 3.8) is 0 Å². The Bertz CT molecular complexity index is 443. The SMILES string of the molecule is CCc1ncc(NC(=O)N(CCO)C2CCCCC2)cn1. The third kappa shape index (κ3) is 4.39. The van der Waals surface area contributed by atoms with Crippen LogP contribution in [0, 0.1) is 0 Å². The monoisotopic (exact) mass is 292 g/mol. The van der Waals surface area contributed by atoms with Gasteiger partial charge in [0.1, 0.15) is 5.82 Å². The standard InChI is InChI=1S/C15H24N4O2/c1-2-14-16-10-12(11-17-14)18-15(21)19(8-9-20)13-6-4-3-5-7-13/h10-11,13,20H,2-9H2,1H3,(H,18,21). The molecule has 1 heterocycles. The molecule has 0 aliphatic heterocycles. The van der Waals surface area contributed by atoms with E-state index in [-0.39, 0.29) is 18.7 Å². The van der Waals surface area contributed by atoms with Crippen LogP contribution in [0.3, 0.4) is 0 Å². The molecule has 0 unspecified atom stereocenters. The number of nitrogens with zero attached hydrogens (tertiary/aromatic N) is 3. The number of rotatable bonds is 5. The molecule has 2 N–H and O–H groups in total. The highest BCUT2D eigenvalue weighted by atomic mass is 16.3. The Morgan fingerprint density at radius 1 is 1.33 bits per heavy atom. The van der Waals surface area contributed by atoms with E-state index in [2.05, 4.69) is 15.3 Å². The Kier molecular flexibility index (Phi) is 5.92. The number of aliphatic hydroxyl groups is 1. The summed E-state index contributed by atoms with van der Waals surface area (Å²) in [5, 5.41) is 12.0. The number of hydrogen-bond acceptors (Lipinski definition) is 4. The Balaban J connectivity index is 1.99. The molecule has 0 radical (unpaired) electrons. The van der Waals surface area contributed by atoms with Crippen LogP contribution in [0.4, 0.5) is 10.5 Å². The lowest BCUT2D eigenvalue weighted by molar-refractivity contribution is 0.144. The van der Waals surface area contributed by atoms with Crippen molar-refractivity contribution in [3.8, 4) is 0 Å². The molecule has 1 fully saturated rings. The van der Waals surface area contributed by atoms with E-state index in [1.54, 1.807) is 17.3 Å². The average Bonchev–Trinajstić information content (AvgIpc) is 2.54. The lowest BCUT2D eigenvalue weighted by Gasteiger charge is -2.33. The predicted molar refractivity (Wildman–Crippen MR) is 81.1 cm³/mol. The van der Waals surface area contributed by atoms with E-state index < -0.39 is 0 Å². The van der Waals surface area contributed by atoms with Crippen LogP contribution in [-0.2, 0) is 6.42 Å². The van der Waals surface area contributed by atoms with Gasteiger partial charge in [-0.3, -0.25) is 0 Å². The number of aryl methyl sites for hydroxylation is 1. The molecule has 0 aromatic carbocycles.